The average Bonchev–Trinajstić information content (AvgIpc) is 2.27. The van der Waals surface area contributed by atoms with E-state index in [-0.39, 0.29) is 0 Å². The predicted molar refractivity (Wildman–Crippen MR) is 66.7 cm³/mol. The molecule has 0 unspecified atom stereocenters. The van der Waals surface area contributed by atoms with Crippen LogP contribution in [0.25, 0.3) is 0 Å². The Morgan fingerprint density at radius 3 is 1.93 bits per heavy atom. The summed E-state index contributed by atoms with van der Waals surface area (Å²) < 4.78 is 0. The van der Waals surface area contributed by atoms with Crippen molar-refractivity contribution in [3.05, 3.63) is 5.57 Å². The molecule has 0 aliphatic carbocycles. The van der Waals surface area contributed by atoms with Gasteiger partial charge >= 0.3 is 0 Å². The maximum absolute atomic E-state index is 10.6. The van der Waals surface area contributed by atoms with Crippen LogP contribution in [0, 0.1) is 0 Å². The largest absolute Gasteiger partial charge is 0.234 e. The molecule has 0 aliphatic rings. The molecular formula is C14H26O. The summed E-state index contributed by atoms with van der Waals surface area (Å²) in [6.45, 7) is 4.39. The van der Waals surface area contributed by atoms with Crippen LogP contribution in [0.2, 0.25) is 0 Å². The fraction of sp³-hybridized carbons (Fsp3) is 0.857. The van der Waals surface area contributed by atoms with E-state index in [1.54, 1.807) is 0 Å². The lowest BCUT2D eigenvalue weighted by Gasteiger charge is -2.02. The van der Waals surface area contributed by atoms with Gasteiger partial charge in [-0.05, 0) is 25.7 Å². The van der Waals surface area contributed by atoms with Gasteiger partial charge in [0, 0.05) is 5.57 Å². The maximum Gasteiger partial charge on any atom is 0.123 e. The number of allylic oxidation sites excluding steroid dienone is 1. The van der Waals surface area contributed by atoms with Crippen molar-refractivity contribution in [2.75, 3.05) is 0 Å². The monoisotopic (exact) mass is 210 g/mol. The van der Waals surface area contributed by atoms with E-state index in [1.165, 1.54) is 44.9 Å². The number of unbranched alkanes of at least 4 members (excludes halogenated alkanes) is 6. The minimum Gasteiger partial charge on any atom is -0.234 e. The molecule has 15 heavy (non-hydrogen) atoms. The Morgan fingerprint density at radius 1 is 0.800 bits per heavy atom. The zero-order valence-corrected chi connectivity index (χ0v) is 10.5. The van der Waals surface area contributed by atoms with Gasteiger partial charge in [-0.1, -0.05) is 52.4 Å². The van der Waals surface area contributed by atoms with E-state index in [0.29, 0.717) is 0 Å². The van der Waals surface area contributed by atoms with Gasteiger partial charge in [-0.2, -0.15) is 0 Å². The molecule has 0 saturated heterocycles. The molecule has 0 amide bonds. The van der Waals surface area contributed by atoms with E-state index >= 15 is 0 Å². The van der Waals surface area contributed by atoms with Crippen molar-refractivity contribution in [3.8, 4) is 0 Å². The molecule has 0 bridgehead atoms. The first-order valence-electron chi connectivity index (χ1n) is 6.58. The second-order valence-corrected chi connectivity index (χ2v) is 4.33. The van der Waals surface area contributed by atoms with Gasteiger partial charge in [-0.15, -0.1) is 0 Å². The van der Waals surface area contributed by atoms with Gasteiger partial charge in [-0.25, -0.2) is 4.79 Å². The fourth-order valence-electron chi connectivity index (χ4n) is 1.74. The summed E-state index contributed by atoms with van der Waals surface area (Å²) in [6, 6.07) is 0. The van der Waals surface area contributed by atoms with Crippen LogP contribution < -0.4 is 0 Å². The molecule has 0 aliphatic heterocycles. The minimum atomic E-state index is 0.967. The van der Waals surface area contributed by atoms with Crippen molar-refractivity contribution in [1.29, 1.82) is 0 Å². The second-order valence-electron chi connectivity index (χ2n) is 4.33. The van der Waals surface area contributed by atoms with Crippen LogP contribution in [0.5, 0.6) is 0 Å². The maximum atomic E-state index is 10.6. The van der Waals surface area contributed by atoms with Gasteiger partial charge in [-0.3, -0.25) is 0 Å². The molecule has 0 atom stereocenters. The molecule has 0 heterocycles. The van der Waals surface area contributed by atoms with Crippen molar-refractivity contribution in [2.45, 2.75) is 78.1 Å². The zero-order valence-electron chi connectivity index (χ0n) is 10.5. The van der Waals surface area contributed by atoms with Crippen LogP contribution in [0.15, 0.2) is 5.57 Å². The molecule has 0 aromatic carbocycles. The highest BCUT2D eigenvalue weighted by Gasteiger charge is 1.98. The summed E-state index contributed by atoms with van der Waals surface area (Å²) in [5.41, 5.74) is 1.01. The minimum absolute atomic E-state index is 0.967. The zero-order chi connectivity index (χ0) is 11.4. The first kappa shape index (κ1) is 14.5. The normalized spacial score (nSPS) is 10.0. The lowest BCUT2D eigenvalue weighted by molar-refractivity contribution is 0.559. The summed E-state index contributed by atoms with van der Waals surface area (Å²) in [6.07, 6.45) is 12.0. The Kier molecular flexibility index (Phi) is 11.1. The van der Waals surface area contributed by atoms with E-state index in [0.717, 1.165) is 24.8 Å². The highest BCUT2D eigenvalue weighted by atomic mass is 16.1. The van der Waals surface area contributed by atoms with Crippen molar-refractivity contribution >= 4 is 5.94 Å². The number of hydrogen-bond acceptors (Lipinski definition) is 1. The number of rotatable bonds is 10. The van der Waals surface area contributed by atoms with Crippen LogP contribution in [0.1, 0.15) is 78.1 Å². The van der Waals surface area contributed by atoms with Gasteiger partial charge in [0.1, 0.15) is 5.94 Å². The standard InChI is InChI=1S/C14H26O/c1-3-5-7-8-9-10-12-14(13-15)11-6-4-2/h3-12H2,1-2H3. The molecule has 0 rings (SSSR count). The summed E-state index contributed by atoms with van der Waals surface area (Å²) >= 11 is 0. The number of carbonyl (C=O) groups excluding carboxylic acids is 1. The van der Waals surface area contributed by atoms with E-state index in [9.17, 15) is 4.79 Å². The molecule has 0 spiro atoms. The summed E-state index contributed by atoms with van der Waals surface area (Å²) in [4.78, 5) is 10.6. The first-order valence-corrected chi connectivity index (χ1v) is 6.58. The second kappa shape index (κ2) is 11.5. The highest BCUT2D eigenvalue weighted by molar-refractivity contribution is 5.52. The quantitative estimate of drug-likeness (QED) is 0.378. The Hall–Kier alpha value is -0.550. The molecule has 88 valence electrons. The third-order valence-electron chi connectivity index (χ3n) is 2.81. The van der Waals surface area contributed by atoms with Crippen molar-refractivity contribution in [1.82, 2.24) is 0 Å². The van der Waals surface area contributed by atoms with E-state index < -0.39 is 0 Å². The van der Waals surface area contributed by atoms with Gasteiger partial charge in [0.25, 0.3) is 0 Å². The van der Waals surface area contributed by atoms with Crippen molar-refractivity contribution < 1.29 is 4.79 Å². The molecule has 0 saturated carbocycles. The summed E-state index contributed by atoms with van der Waals surface area (Å²) in [5.74, 6) is 2.11. The van der Waals surface area contributed by atoms with Gasteiger partial charge in [0.15, 0.2) is 0 Å². The van der Waals surface area contributed by atoms with E-state index in [1.807, 2.05) is 0 Å². The van der Waals surface area contributed by atoms with Crippen LogP contribution in [0.4, 0.5) is 0 Å². The van der Waals surface area contributed by atoms with E-state index in [4.69, 9.17) is 0 Å². The average molecular weight is 210 g/mol. The molecule has 1 heteroatoms. The molecule has 0 aromatic rings. The Morgan fingerprint density at radius 2 is 1.33 bits per heavy atom. The fourth-order valence-corrected chi connectivity index (χ4v) is 1.74. The third-order valence-corrected chi connectivity index (χ3v) is 2.81. The molecule has 0 aromatic heterocycles. The molecular weight excluding hydrogens is 184 g/mol. The molecule has 0 radical (unpaired) electrons. The Balaban J connectivity index is 3.35. The van der Waals surface area contributed by atoms with Crippen molar-refractivity contribution in [2.24, 2.45) is 0 Å². The van der Waals surface area contributed by atoms with E-state index in [2.05, 4.69) is 19.8 Å². The SMILES string of the molecule is CCCCCCCCC(=C=O)CCCC. The van der Waals surface area contributed by atoms with Crippen LogP contribution in [-0.2, 0) is 4.79 Å². The Labute approximate surface area is 95.0 Å². The topological polar surface area (TPSA) is 17.1 Å². The number of hydrogen-bond donors (Lipinski definition) is 0. The third kappa shape index (κ3) is 9.75. The first-order chi connectivity index (χ1) is 7.35. The van der Waals surface area contributed by atoms with Gasteiger partial charge in [0.2, 0.25) is 0 Å². The highest BCUT2D eigenvalue weighted by Crippen LogP contribution is 2.14. The lowest BCUT2D eigenvalue weighted by atomic mass is 10.0. The van der Waals surface area contributed by atoms with Gasteiger partial charge < -0.3 is 0 Å². The smallest absolute Gasteiger partial charge is 0.123 e. The molecule has 0 fully saturated rings. The predicted octanol–water partition coefficient (Wildman–Crippen LogP) is 4.69. The van der Waals surface area contributed by atoms with Crippen LogP contribution >= 0.6 is 0 Å². The Bertz CT molecular complexity index is 178. The molecule has 0 N–H and O–H groups in total. The van der Waals surface area contributed by atoms with Crippen LogP contribution in [0.3, 0.4) is 0 Å². The van der Waals surface area contributed by atoms with Gasteiger partial charge in [0.05, 0.1) is 0 Å². The summed E-state index contributed by atoms with van der Waals surface area (Å²) in [5, 5.41) is 0. The van der Waals surface area contributed by atoms with Crippen molar-refractivity contribution in [3.63, 3.8) is 0 Å². The molecule has 1 nitrogen and oxygen atoms in total. The lowest BCUT2D eigenvalue weighted by Crippen LogP contribution is -1.87. The summed E-state index contributed by atoms with van der Waals surface area (Å²) in [7, 11) is 0. The van der Waals surface area contributed by atoms with Crippen LogP contribution in [-0.4, -0.2) is 5.94 Å².